The van der Waals surface area contributed by atoms with Crippen molar-refractivity contribution >= 4 is 17.6 Å². The number of carboxylic acid groups (broad SMARTS) is 1. The molecule has 0 amide bonds. The molecule has 0 aliphatic carbocycles. The van der Waals surface area contributed by atoms with E-state index >= 15 is 0 Å². The first-order valence-electron chi connectivity index (χ1n) is 10.6. The smallest absolute Gasteiger partial charge is 0.307 e. The normalized spacial score (nSPS) is 17.8. The highest BCUT2D eigenvalue weighted by Crippen LogP contribution is 2.35. The van der Waals surface area contributed by atoms with Gasteiger partial charge in [0.2, 0.25) is 0 Å². The quantitative estimate of drug-likeness (QED) is 0.509. The fourth-order valence-electron chi connectivity index (χ4n) is 4.25. The van der Waals surface area contributed by atoms with Gasteiger partial charge in [0.05, 0.1) is 12.0 Å². The van der Waals surface area contributed by atoms with Crippen LogP contribution in [0.2, 0.25) is 5.02 Å². The monoisotopic (exact) mass is 435 g/mol. The molecule has 1 N–H and O–H groups in total. The lowest BCUT2D eigenvalue weighted by Crippen LogP contribution is -2.41. The van der Waals surface area contributed by atoms with E-state index in [1.165, 1.54) is 0 Å². The summed E-state index contributed by atoms with van der Waals surface area (Å²) in [6, 6.07) is 25.9. The number of carbonyl (C=O) groups is 1. The number of aliphatic carboxylic acids is 1. The molecule has 3 aromatic carbocycles. The van der Waals surface area contributed by atoms with Crippen LogP contribution >= 0.6 is 11.6 Å². The molecule has 3 aromatic rings. The number of likely N-dealkylation sites (tertiary alicyclic amines) is 1. The molecule has 2 atom stereocenters. The zero-order valence-electron chi connectivity index (χ0n) is 17.3. The molecular formula is C26H26ClNO3. The number of nitrogens with zero attached hydrogens (tertiary/aromatic N) is 1. The minimum atomic E-state index is -0.727. The molecule has 1 fully saturated rings. The second-order valence-corrected chi connectivity index (χ2v) is 8.41. The third-order valence-corrected chi connectivity index (χ3v) is 5.99. The topological polar surface area (TPSA) is 49.8 Å². The molecule has 4 nitrogen and oxygen atoms in total. The van der Waals surface area contributed by atoms with Gasteiger partial charge in [-0.1, -0.05) is 66.2 Å². The van der Waals surface area contributed by atoms with E-state index in [-0.39, 0.29) is 12.0 Å². The van der Waals surface area contributed by atoms with Crippen LogP contribution in [0.4, 0.5) is 0 Å². The summed E-state index contributed by atoms with van der Waals surface area (Å²) in [6.07, 6.45) is 1.58. The van der Waals surface area contributed by atoms with Gasteiger partial charge in [-0.3, -0.25) is 9.69 Å². The summed E-state index contributed by atoms with van der Waals surface area (Å²) in [6.45, 7) is 1.86. The Hall–Kier alpha value is -2.82. The van der Waals surface area contributed by atoms with Crippen molar-refractivity contribution in [3.8, 4) is 5.75 Å². The summed E-state index contributed by atoms with van der Waals surface area (Å²) < 4.78 is 6.05. The van der Waals surface area contributed by atoms with Gasteiger partial charge in [-0.25, -0.2) is 0 Å². The summed E-state index contributed by atoms with van der Waals surface area (Å²) in [5, 5.41) is 10.2. The summed E-state index contributed by atoms with van der Waals surface area (Å²) in [7, 11) is 0. The summed E-state index contributed by atoms with van der Waals surface area (Å²) >= 11 is 6.31. The highest BCUT2D eigenvalue weighted by molar-refractivity contribution is 6.30. The summed E-state index contributed by atoms with van der Waals surface area (Å²) in [4.78, 5) is 13.9. The summed E-state index contributed by atoms with van der Waals surface area (Å²) in [5.41, 5.74) is 3.23. The van der Waals surface area contributed by atoms with E-state index in [0.717, 1.165) is 35.4 Å². The van der Waals surface area contributed by atoms with Crippen LogP contribution in [-0.4, -0.2) is 29.1 Å². The van der Waals surface area contributed by atoms with Crippen LogP contribution in [0.25, 0.3) is 0 Å². The third kappa shape index (κ3) is 5.46. The minimum Gasteiger partial charge on any atom is -0.489 e. The van der Waals surface area contributed by atoms with Crippen molar-refractivity contribution in [2.24, 2.45) is 5.92 Å². The predicted octanol–water partition coefficient (Wildman–Crippen LogP) is 5.81. The van der Waals surface area contributed by atoms with Gasteiger partial charge in [-0.2, -0.15) is 0 Å². The zero-order chi connectivity index (χ0) is 21.6. The fourth-order valence-corrected chi connectivity index (χ4v) is 4.45. The molecule has 0 bridgehead atoms. The number of carboxylic acids is 1. The van der Waals surface area contributed by atoms with E-state index in [1.807, 2.05) is 60.7 Å². The molecule has 2 unspecified atom stereocenters. The van der Waals surface area contributed by atoms with Gasteiger partial charge in [0.25, 0.3) is 0 Å². The molecule has 4 rings (SSSR count). The Balaban J connectivity index is 1.63. The van der Waals surface area contributed by atoms with E-state index in [9.17, 15) is 9.90 Å². The molecule has 160 valence electrons. The van der Waals surface area contributed by atoms with Crippen LogP contribution in [0.1, 0.15) is 35.6 Å². The zero-order valence-corrected chi connectivity index (χ0v) is 18.0. The van der Waals surface area contributed by atoms with Crippen molar-refractivity contribution in [3.63, 3.8) is 0 Å². The number of benzene rings is 3. The van der Waals surface area contributed by atoms with Crippen LogP contribution in [0.15, 0.2) is 78.9 Å². The van der Waals surface area contributed by atoms with E-state index in [0.29, 0.717) is 24.6 Å². The maximum atomic E-state index is 11.7. The van der Waals surface area contributed by atoms with Gasteiger partial charge >= 0.3 is 5.97 Å². The molecule has 0 aromatic heterocycles. The molecule has 1 aliphatic heterocycles. The first-order chi connectivity index (χ1) is 15.1. The van der Waals surface area contributed by atoms with E-state index in [1.54, 1.807) is 0 Å². The Morgan fingerprint density at radius 1 is 1.03 bits per heavy atom. The van der Waals surface area contributed by atoms with Gasteiger partial charge in [-0.05, 0) is 60.3 Å². The standard InChI is InChI=1S/C26H26ClNO3/c27-23-12-4-9-20(15-23)25(28-14-6-11-22(17-28)26(29)30)21-10-5-13-24(16-21)31-18-19-7-2-1-3-8-19/h1-5,7-10,12-13,15-16,22,25H,6,11,14,17-18H2,(H,29,30). The molecule has 0 spiro atoms. The predicted molar refractivity (Wildman–Crippen MR) is 122 cm³/mol. The van der Waals surface area contributed by atoms with Crippen molar-refractivity contribution in [2.75, 3.05) is 13.1 Å². The lowest BCUT2D eigenvalue weighted by atomic mass is 9.91. The Labute approximate surface area is 188 Å². The van der Waals surface area contributed by atoms with E-state index in [2.05, 4.69) is 23.1 Å². The average molecular weight is 436 g/mol. The first-order valence-corrected chi connectivity index (χ1v) is 11.0. The average Bonchev–Trinajstić information content (AvgIpc) is 2.79. The second kappa shape index (κ2) is 9.99. The maximum absolute atomic E-state index is 11.7. The SMILES string of the molecule is O=C(O)C1CCCN(C(c2cccc(Cl)c2)c2cccc(OCc3ccccc3)c2)C1. The molecule has 0 saturated carbocycles. The number of piperidine rings is 1. The molecular weight excluding hydrogens is 410 g/mol. The van der Waals surface area contributed by atoms with Crippen molar-refractivity contribution in [1.82, 2.24) is 4.90 Å². The van der Waals surface area contributed by atoms with Gasteiger partial charge < -0.3 is 9.84 Å². The number of rotatable bonds is 7. The van der Waals surface area contributed by atoms with Crippen molar-refractivity contribution in [3.05, 3.63) is 101 Å². The largest absolute Gasteiger partial charge is 0.489 e. The number of halogens is 1. The Morgan fingerprint density at radius 3 is 2.52 bits per heavy atom. The number of ether oxygens (including phenoxy) is 1. The summed E-state index contributed by atoms with van der Waals surface area (Å²) in [5.74, 6) is -0.289. The van der Waals surface area contributed by atoms with Crippen LogP contribution in [0.5, 0.6) is 5.75 Å². The minimum absolute atomic E-state index is 0.0823. The van der Waals surface area contributed by atoms with Crippen LogP contribution < -0.4 is 4.74 Å². The van der Waals surface area contributed by atoms with Gasteiger partial charge in [0.1, 0.15) is 12.4 Å². The van der Waals surface area contributed by atoms with Crippen molar-refractivity contribution < 1.29 is 14.6 Å². The number of hydrogen-bond donors (Lipinski definition) is 1. The highest BCUT2D eigenvalue weighted by atomic mass is 35.5. The third-order valence-electron chi connectivity index (χ3n) is 5.75. The van der Waals surface area contributed by atoms with Crippen LogP contribution in [0, 0.1) is 5.92 Å². The van der Waals surface area contributed by atoms with Crippen molar-refractivity contribution in [2.45, 2.75) is 25.5 Å². The number of hydrogen-bond acceptors (Lipinski definition) is 3. The van der Waals surface area contributed by atoms with Gasteiger partial charge in [0.15, 0.2) is 0 Å². The van der Waals surface area contributed by atoms with Crippen molar-refractivity contribution in [1.29, 1.82) is 0 Å². The molecule has 31 heavy (non-hydrogen) atoms. The van der Waals surface area contributed by atoms with E-state index < -0.39 is 5.97 Å². The molecule has 5 heteroatoms. The van der Waals surface area contributed by atoms with E-state index in [4.69, 9.17) is 16.3 Å². The van der Waals surface area contributed by atoms with Crippen LogP contribution in [0.3, 0.4) is 0 Å². The van der Waals surface area contributed by atoms with Gasteiger partial charge in [0, 0.05) is 11.6 Å². The highest BCUT2D eigenvalue weighted by Gasteiger charge is 2.31. The molecule has 1 saturated heterocycles. The second-order valence-electron chi connectivity index (χ2n) is 7.98. The Morgan fingerprint density at radius 2 is 1.77 bits per heavy atom. The lowest BCUT2D eigenvalue weighted by molar-refractivity contribution is -0.143. The molecule has 1 heterocycles. The molecule has 0 radical (unpaired) electrons. The fraction of sp³-hybridized carbons (Fsp3) is 0.269. The Kier molecular flexibility index (Phi) is 6.90. The first kappa shape index (κ1) is 21.4. The molecule has 1 aliphatic rings. The van der Waals surface area contributed by atoms with Gasteiger partial charge in [-0.15, -0.1) is 0 Å². The lowest BCUT2D eigenvalue weighted by Gasteiger charge is -2.37. The maximum Gasteiger partial charge on any atom is 0.307 e. The Bertz CT molecular complexity index is 1020. The van der Waals surface area contributed by atoms with Crippen LogP contribution in [-0.2, 0) is 11.4 Å².